The second-order valence-electron chi connectivity index (χ2n) is 2.86. The lowest BCUT2D eigenvalue weighted by Crippen LogP contribution is -2.32. The first-order valence-corrected chi connectivity index (χ1v) is 3.74. The Kier molecular flexibility index (Phi) is 2.89. The van der Waals surface area contributed by atoms with Crippen molar-refractivity contribution in [3.05, 3.63) is 0 Å². The maximum atomic E-state index is 9.21. The van der Waals surface area contributed by atoms with Gasteiger partial charge >= 0.3 is 0 Å². The van der Waals surface area contributed by atoms with Crippen LogP contribution in [0.3, 0.4) is 0 Å². The lowest BCUT2D eigenvalue weighted by Gasteiger charge is -2.18. The van der Waals surface area contributed by atoms with Crippen LogP contribution in [0.4, 0.5) is 0 Å². The predicted molar refractivity (Wildman–Crippen MR) is 41.9 cm³/mol. The summed E-state index contributed by atoms with van der Waals surface area (Å²) in [5, 5.41) is 18.1. The van der Waals surface area contributed by atoms with Crippen molar-refractivity contribution in [2.45, 2.75) is 18.6 Å². The Morgan fingerprint density at radius 3 is 2.91 bits per heavy atom. The summed E-state index contributed by atoms with van der Waals surface area (Å²) in [6.07, 6.45) is 5.43. The van der Waals surface area contributed by atoms with Crippen LogP contribution in [-0.2, 0) is 0 Å². The average Bonchev–Trinajstić information content (AvgIpc) is 2.32. The van der Waals surface area contributed by atoms with E-state index in [-0.39, 0.29) is 18.8 Å². The summed E-state index contributed by atoms with van der Waals surface area (Å²) in [7, 11) is 0. The topological polar surface area (TPSA) is 43.7 Å². The van der Waals surface area contributed by atoms with Crippen molar-refractivity contribution < 1.29 is 10.2 Å². The summed E-state index contributed by atoms with van der Waals surface area (Å²) in [5.74, 6) is 2.50. The summed E-state index contributed by atoms with van der Waals surface area (Å²) < 4.78 is 0. The van der Waals surface area contributed by atoms with Gasteiger partial charge in [0.1, 0.15) is 0 Å². The van der Waals surface area contributed by atoms with Crippen LogP contribution < -0.4 is 0 Å². The van der Waals surface area contributed by atoms with E-state index < -0.39 is 0 Å². The zero-order chi connectivity index (χ0) is 8.27. The van der Waals surface area contributed by atoms with E-state index in [1.807, 2.05) is 4.90 Å². The third kappa shape index (κ3) is 1.93. The number of hydrogen-bond acceptors (Lipinski definition) is 3. The Morgan fingerprint density at radius 1 is 1.64 bits per heavy atom. The molecule has 0 aromatic heterocycles. The van der Waals surface area contributed by atoms with Crippen LogP contribution in [0.15, 0.2) is 0 Å². The first-order valence-electron chi connectivity index (χ1n) is 3.74. The van der Waals surface area contributed by atoms with Gasteiger partial charge in [-0.3, -0.25) is 4.90 Å². The molecule has 0 aromatic carbocycles. The molecule has 62 valence electrons. The summed E-state index contributed by atoms with van der Waals surface area (Å²) >= 11 is 0. The second-order valence-corrected chi connectivity index (χ2v) is 2.86. The highest BCUT2D eigenvalue weighted by Gasteiger charge is 2.29. The fourth-order valence-corrected chi connectivity index (χ4v) is 1.46. The Labute approximate surface area is 66.6 Å². The lowest BCUT2D eigenvalue weighted by atomic mass is 10.2. The highest BCUT2D eigenvalue weighted by molar-refractivity contribution is 4.94. The Hall–Kier alpha value is -0.560. The van der Waals surface area contributed by atoms with Crippen LogP contribution in [0.25, 0.3) is 0 Å². The number of terminal acetylenes is 1. The van der Waals surface area contributed by atoms with Gasteiger partial charge in [0.25, 0.3) is 0 Å². The number of aliphatic hydroxyl groups is 2. The van der Waals surface area contributed by atoms with Crippen LogP contribution in [0.2, 0.25) is 0 Å². The molecule has 11 heavy (non-hydrogen) atoms. The number of hydrogen-bond donors (Lipinski definition) is 2. The minimum absolute atomic E-state index is 0.0565. The fourth-order valence-electron chi connectivity index (χ4n) is 1.46. The Balaban J connectivity index is 2.45. The molecule has 1 fully saturated rings. The van der Waals surface area contributed by atoms with Crippen molar-refractivity contribution in [1.82, 2.24) is 4.90 Å². The van der Waals surface area contributed by atoms with Crippen molar-refractivity contribution >= 4 is 0 Å². The minimum Gasteiger partial charge on any atom is -0.395 e. The van der Waals surface area contributed by atoms with E-state index in [4.69, 9.17) is 11.5 Å². The molecule has 0 amide bonds. The zero-order valence-electron chi connectivity index (χ0n) is 6.40. The van der Waals surface area contributed by atoms with E-state index in [9.17, 15) is 5.11 Å². The molecule has 0 aromatic rings. The number of aliphatic hydroxyl groups excluding tert-OH is 2. The molecule has 2 atom stereocenters. The van der Waals surface area contributed by atoms with Gasteiger partial charge in [0.2, 0.25) is 0 Å². The molecule has 1 saturated heterocycles. The van der Waals surface area contributed by atoms with Gasteiger partial charge in [-0.15, -0.1) is 6.42 Å². The van der Waals surface area contributed by atoms with E-state index in [0.717, 1.165) is 0 Å². The summed E-state index contributed by atoms with van der Waals surface area (Å²) in [6, 6.07) is 0.0565. The van der Waals surface area contributed by atoms with Crippen molar-refractivity contribution in [3.63, 3.8) is 0 Å². The van der Waals surface area contributed by atoms with Gasteiger partial charge in [-0.25, -0.2) is 0 Å². The molecule has 1 aliphatic rings. The van der Waals surface area contributed by atoms with Crippen LogP contribution in [0.1, 0.15) is 6.42 Å². The minimum atomic E-state index is -0.319. The normalized spacial score (nSPS) is 32.1. The second kappa shape index (κ2) is 3.72. The van der Waals surface area contributed by atoms with E-state index >= 15 is 0 Å². The van der Waals surface area contributed by atoms with Gasteiger partial charge in [0.15, 0.2) is 0 Å². The molecule has 0 bridgehead atoms. The monoisotopic (exact) mass is 155 g/mol. The molecule has 1 heterocycles. The summed E-state index contributed by atoms with van der Waals surface area (Å²) in [5.41, 5.74) is 0. The highest BCUT2D eigenvalue weighted by atomic mass is 16.3. The molecule has 3 nitrogen and oxygen atoms in total. The van der Waals surface area contributed by atoms with Crippen LogP contribution in [0.5, 0.6) is 0 Å². The highest BCUT2D eigenvalue weighted by Crippen LogP contribution is 2.16. The van der Waals surface area contributed by atoms with E-state index in [1.54, 1.807) is 0 Å². The number of rotatable bonds is 2. The first-order chi connectivity index (χ1) is 5.27. The third-order valence-electron chi connectivity index (χ3n) is 2.01. The van der Waals surface area contributed by atoms with Crippen LogP contribution in [0, 0.1) is 12.3 Å². The molecule has 3 heteroatoms. The lowest BCUT2D eigenvalue weighted by molar-refractivity contribution is 0.169. The van der Waals surface area contributed by atoms with E-state index in [2.05, 4.69) is 5.92 Å². The van der Waals surface area contributed by atoms with Gasteiger partial charge in [-0.05, 0) is 6.42 Å². The van der Waals surface area contributed by atoms with Gasteiger partial charge in [0, 0.05) is 12.6 Å². The standard InChI is InChI=1S/C8H13NO2/c1-2-3-9-5-8(11)4-7(9)6-10/h1,7-8,10-11H,3-6H2. The van der Waals surface area contributed by atoms with E-state index in [0.29, 0.717) is 19.5 Å². The quantitative estimate of drug-likeness (QED) is 0.505. The zero-order valence-corrected chi connectivity index (χ0v) is 6.40. The molecular formula is C8H13NO2. The fraction of sp³-hybridized carbons (Fsp3) is 0.750. The Bertz CT molecular complexity index is 164. The van der Waals surface area contributed by atoms with Crippen LogP contribution in [-0.4, -0.2) is 47.0 Å². The summed E-state index contributed by atoms with van der Waals surface area (Å²) in [6.45, 7) is 1.19. The summed E-state index contributed by atoms with van der Waals surface area (Å²) in [4.78, 5) is 1.92. The van der Waals surface area contributed by atoms with Gasteiger partial charge < -0.3 is 10.2 Å². The predicted octanol–water partition coefficient (Wildman–Crippen LogP) is -0.953. The molecule has 2 N–H and O–H groups in total. The molecule has 1 rings (SSSR count). The third-order valence-corrected chi connectivity index (χ3v) is 2.01. The molecular weight excluding hydrogens is 142 g/mol. The number of β-amino-alcohol motifs (C(OH)–C–C–N with tert-alkyl or cyclic N) is 1. The maximum absolute atomic E-state index is 9.21. The Morgan fingerprint density at radius 2 is 2.36 bits per heavy atom. The molecule has 0 aliphatic carbocycles. The number of likely N-dealkylation sites (tertiary alicyclic amines) is 1. The number of nitrogens with zero attached hydrogens (tertiary/aromatic N) is 1. The SMILES string of the molecule is C#CCN1CC(O)CC1CO. The molecule has 0 saturated carbocycles. The van der Waals surface area contributed by atoms with Crippen LogP contribution >= 0.6 is 0 Å². The molecule has 0 spiro atoms. The van der Waals surface area contributed by atoms with Gasteiger partial charge in [-0.1, -0.05) is 5.92 Å². The maximum Gasteiger partial charge on any atom is 0.0683 e. The largest absolute Gasteiger partial charge is 0.395 e. The van der Waals surface area contributed by atoms with Crippen molar-refractivity contribution in [2.75, 3.05) is 19.7 Å². The molecule has 1 aliphatic heterocycles. The van der Waals surface area contributed by atoms with Crippen molar-refractivity contribution in [2.24, 2.45) is 0 Å². The van der Waals surface area contributed by atoms with Gasteiger partial charge in [-0.2, -0.15) is 0 Å². The average molecular weight is 155 g/mol. The smallest absolute Gasteiger partial charge is 0.0683 e. The molecule has 0 radical (unpaired) electrons. The van der Waals surface area contributed by atoms with E-state index in [1.165, 1.54) is 0 Å². The van der Waals surface area contributed by atoms with Gasteiger partial charge in [0.05, 0.1) is 19.3 Å². The first kappa shape index (κ1) is 8.54. The molecule has 2 unspecified atom stereocenters. The van der Waals surface area contributed by atoms with Crippen molar-refractivity contribution in [1.29, 1.82) is 0 Å². The van der Waals surface area contributed by atoms with Crippen molar-refractivity contribution in [3.8, 4) is 12.3 Å².